The van der Waals surface area contributed by atoms with Crippen LogP contribution in [0.15, 0.2) is 12.6 Å². The SMILES string of the molecule is C=C(Br)c1cc(C)sc1C. The minimum absolute atomic E-state index is 0.981. The Morgan fingerprint density at radius 3 is 2.40 bits per heavy atom. The summed E-state index contributed by atoms with van der Waals surface area (Å²) in [6, 6.07) is 2.15. The lowest BCUT2D eigenvalue weighted by Gasteiger charge is -1.91. The normalized spacial score (nSPS) is 9.90. The molecule has 0 saturated carbocycles. The smallest absolute Gasteiger partial charge is 0.0187 e. The van der Waals surface area contributed by atoms with Crippen LogP contribution in [0.5, 0.6) is 0 Å². The van der Waals surface area contributed by atoms with Gasteiger partial charge >= 0.3 is 0 Å². The molecule has 1 aromatic heterocycles. The molecule has 0 bridgehead atoms. The van der Waals surface area contributed by atoms with Crippen LogP contribution in [-0.4, -0.2) is 0 Å². The first-order chi connectivity index (χ1) is 4.61. The van der Waals surface area contributed by atoms with E-state index in [-0.39, 0.29) is 0 Å². The van der Waals surface area contributed by atoms with Gasteiger partial charge in [0.2, 0.25) is 0 Å². The highest BCUT2D eigenvalue weighted by molar-refractivity contribution is 9.15. The van der Waals surface area contributed by atoms with E-state index in [1.807, 2.05) is 0 Å². The Morgan fingerprint density at radius 1 is 1.60 bits per heavy atom. The molecule has 0 aliphatic heterocycles. The van der Waals surface area contributed by atoms with Crippen LogP contribution in [-0.2, 0) is 0 Å². The zero-order chi connectivity index (χ0) is 7.72. The Morgan fingerprint density at radius 2 is 2.20 bits per heavy atom. The van der Waals surface area contributed by atoms with E-state index in [9.17, 15) is 0 Å². The van der Waals surface area contributed by atoms with Gasteiger partial charge in [-0.3, -0.25) is 0 Å². The Bertz CT molecular complexity index is 260. The van der Waals surface area contributed by atoms with Gasteiger partial charge in [0.1, 0.15) is 0 Å². The summed E-state index contributed by atoms with van der Waals surface area (Å²) in [5, 5.41) is 0. The molecule has 0 unspecified atom stereocenters. The van der Waals surface area contributed by atoms with Gasteiger partial charge in [0.05, 0.1) is 0 Å². The van der Waals surface area contributed by atoms with E-state index in [4.69, 9.17) is 0 Å². The highest BCUT2D eigenvalue weighted by atomic mass is 79.9. The van der Waals surface area contributed by atoms with E-state index >= 15 is 0 Å². The summed E-state index contributed by atoms with van der Waals surface area (Å²) in [6.07, 6.45) is 0. The lowest BCUT2D eigenvalue weighted by atomic mass is 10.2. The van der Waals surface area contributed by atoms with Gasteiger partial charge in [0.25, 0.3) is 0 Å². The van der Waals surface area contributed by atoms with Crippen molar-refractivity contribution in [2.45, 2.75) is 13.8 Å². The van der Waals surface area contributed by atoms with E-state index in [1.165, 1.54) is 15.3 Å². The quantitative estimate of drug-likeness (QED) is 0.672. The monoisotopic (exact) mass is 216 g/mol. The number of hydrogen-bond donors (Lipinski definition) is 0. The lowest BCUT2D eigenvalue weighted by Crippen LogP contribution is -1.70. The molecule has 0 spiro atoms. The first-order valence-electron chi connectivity index (χ1n) is 3.03. The predicted molar refractivity (Wildman–Crippen MR) is 51.8 cm³/mol. The number of thiophene rings is 1. The zero-order valence-corrected chi connectivity index (χ0v) is 8.47. The molecular weight excluding hydrogens is 208 g/mol. The van der Waals surface area contributed by atoms with Crippen LogP contribution in [0.3, 0.4) is 0 Å². The van der Waals surface area contributed by atoms with Crippen molar-refractivity contribution >= 4 is 31.7 Å². The second-order valence-corrected chi connectivity index (χ2v) is 4.65. The van der Waals surface area contributed by atoms with Gasteiger partial charge in [-0.2, -0.15) is 0 Å². The van der Waals surface area contributed by atoms with Crippen LogP contribution in [0.25, 0.3) is 4.48 Å². The second-order valence-electron chi connectivity index (χ2n) is 2.23. The van der Waals surface area contributed by atoms with Gasteiger partial charge in [0, 0.05) is 19.8 Å². The Kier molecular flexibility index (Phi) is 2.32. The van der Waals surface area contributed by atoms with Gasteiger partial charge < -0.3 is 0 Å². The Hall–Kier alpha value is -0.0800. The molecule has 0 fully saturated rings. The summed E-state index contributed by atoms with van der Waals surface area (Å²) in [4.78, 5) is 2.67. The second kappa shape index (κ2) is 2.89. The minimum atomic E-state index is 0.981. The van der Waals surface area contributed by atoms with Gasteiger partial charge in [0.15, 0.2) is 0 Å². The zero-order valence-electron chi connectivity index (χ0n) is 6.07. The maximum atomic E-state index is 3.82. The molecule has 1 aromatic rings. The number of rotatable bonds is 1. The van der Waals surface area contributed by atoms with E-state index < -0.39 is 0 Å². The van der Waals surface area contributed by atoms with Gasteiger partial charge in [-0.15, -0.1) is 11.3 Å². The van der Waals surface area contributed by atoms with Crippen molar-refractivity contribution in [3.05, 3.63) is 28.0 Å². The highest BCUT2D eigenvalue weighted by Gasteiger charge is 2.02. The molecule has 0 aromatic carbocycles. The molecular formula is C8H9BrS. The summed E-state index contributed by atoms with van der Waals surface area (Å²) in [7, 11) is 0. The maximum absolute atomic E-state index is 3.82. The molecule has 0 saturated heterocycles. The molecule has 0 amide bonds. The molecule has 0 radical (unpaired) electrons. The van der Waals surface area contributed by atoms with Crippen LogP contribution in [0.2, 0.25) is 0 Å². The lowest BCUT2D eigenvalue weighted by molar-refractivity contribution is 1.57. The Balaban J connectivity index is 3.15. The standard InChI is InChI=1S/C8H9BrS/c1-5-4-8(6(2)9)7(3)10-5/h4H,2H2,1,3H3. The van der Waals surface area contributed by atoms with E-state index in [0.717, 1.165) is 4.48 Å². The third-order valence-electron chi connectivity index (χ3n) is 1.33. The number of halogens is 1. The van der Waals surface area contributed by atoms with Crippen LogP contribution < -0.4 is 0 Å². The largest absolute Gasteiger partial charge is 0.145 e. The van der Waals surface area contributed by atoms with Crippen molar-refractivity contribution in [2.75, 3.05) is 0 Å². The molecule has 1 heterocycles. The minimum Gasteiger partial charge on any atom is -0.145 e. The summed E-state index contributed by atoms with van der Waals surface area (Å²) in [5.74, 6) is 0. The van der Waals surface area contributed by atoms with Gasteiger partial charge in [-0.1, -0.05) is 22.5 Å². The van der Waals surface area contributed by atoms with Crippen LogP contribution in [0.4, 0.5) is 0 Å². The summed E-state index contributed by atoms with van der Waals surface area (Å²) >= 11 is 5.17. The first kappa shape index (κ1) is 8.02. The third-order valence-corrected chi connectivity index (χ3v) is 2.73. The summed E-state index contributed by atoms with van der Waals surface area (Å²) < 4.78 is 0.981. The first-order valence-corrected chi connectivity index (χ1v) is 4.64. The van der Waals surface area contributed by atoms with E-state index in [0.29, 0.717) is 0 Å². The fourth-order valence-corrected chi connectivity index (χ4v) is 2.40. The van der Waals surface area contributed by atoms with E-state index in [2.05, 4.69) is 42.4 Å². The van der Waals surface area contributed by atoms with Gasteiger partial charge in [-0.25, -0.2) is 0 Å². The highest BCUT2D eigenvalue weighted by Crippen LogP contribution is 2.28. The predicted octanol–water partition coefficient (Wildman–Crippen LogP) is 3.73. The van der Waals surface area contributed by atoms with Crippen molar-refractivity contribution in [1.29, 1.82) is 0 Å². The average Bonchev–Trinajstić information content (AvgIpc) is 2.10. The number of hydrogen-bond acceptors (Lipinski definition) is 1. The van der Waals surface area contributed by atoms with Crippen molar-refractivity contribution in [1.82, 2.24) is 0 Å². The van der Waals surface area contributed by atoms with Crippen LogP contribution >= 0.6 is 27.3 Å². The molecule has 10 heavy (non-hydrogen) atoms. The van der Waals surface area contributed by atoms with Crippen molar-refractivity contribution in [3.8, 4) is 0 Å². The Labute approximate surface area is 73.7 Å². The van der Waals surface area contributed by atoms with Crippen LogP contribution in [0.1, 0.15) is 15.3 Å². The molecule has 0 N–H and O–H groups in total. The van der Waals surface area contributed by atoms with Gasteiger partial charge in [-0.05, 0) is 19.9 Å². The molecule has 54 valence electrons. The average molecular weight is 217 g/mol. The molecule has 0 atom stereocenters. The third kappa shape index (κ3) is 1.50. The van der Waals surface area contributed by atoms with Crippen LogP contribution in [0, 0.1) is 13.8 Å². The maximum Gasteiger partial charge on any atom is 0.0187 e. The molecule has 0 nitrogen and oxygen atoms in total. The topological polar surface area (TPSA) is 0 Å². The molecule has 0 aliphatic rings. The van der Waals surface area contributed by atoms with Crippen molar-refractivity contribution in [3.63, 3.8) is 0 Å². The molecule has 2 heteroatoms. The number of aryl methyl sites for hydroxylation is 2. The fraction of sp³-hybridized carbons (Fsp3) is 0.250. The molecule has 0 aliphatic carbocycles. The van der Waals surface area contributed by atoms with E-state index in [1.54, 1.807) is 11.3 Å². The van der Waals surface area contributed by atoms with Crippen molar-refractivity contribution in [2.24, 2.45) is 0 Å². The molecule has 1 rings (SSSR count). The summed E-state index contributed by atoms with van der Waals surface area (Å²) in [6.45, 7) is 8.04. The van der Waals surface area contributed by atoms with Crippen molar-refractivity contribution < 1.29 is 0 Å². The summed E-state index contributed by atoms with van der Waals surface area (Å²) in [5.41, 5.74) is 1.24. The fourth-order valence-electron chi connectivity index (χ4n) is 0.900.